The molecule has 0 aromatic rings. The normalized spacial score (nSPS) is 28.0. The first-order valence-corrected chi connectivity index (χ1v) is 9.90. The summed E-state index contributed by atoms with van der Waals surface area (Å²) in [5.41, 5.74) is 0. The largest absolute Gasteiger partial charge is 0.0882 e. The molecule has 0 heterocycles. The molecule has 0 saturated heterocycles. The Balaban J connectivity index is 2.29. The van der Waals surface area contributed by atoms with Crippen LogP contribution in [0.15, 0.2) is 72.9 Å². The van der Waals surface area contributed by atoms with E-state index in [2.05, 4.69) is 72.9 Å². The summed E-state index contributed by atoms with van der Waals surface area (Å²) in [5.74, 6) is 0. The molecule has 0 spiro atoms. The van der Waals surface area contributed by atoms with Gasteiger partial charge in [-0.25, -0.2) is 0 Å². The van der Waals surface area contributed by atoms with Gasteiger partial charge in [-0.15, -0.1) is 0 Å². The van der Waals surface area contributed by atoms with Gasteiger partial charge in [-0.3, -0.25) is 0 Å². The van der Waals surface area contributed by atoms with Gasteiger partial charge < -0.3 is 0 Å². The van der Waals surface area contributed by atoms with E-state index >= 15 is 0 Å². The van der Waals surface area contributed by atoms with Crippen LogP contribution in [0.25, 0.3) is 0 Å². The lowest BCUT2D eigenvalue weighted by atomic mass is 10.1. The minimum absolute atomic E-state index is 1.17. The summed E-state index contributed by atoms with van der Waals surface area (Å²) < 4.78 is 0. The molecule has 0 amide bonds. The zero-order chi connectivity index (χ0) is 17.0. The van der Waals surface area contributed by atoms with Crippen LogP contribution < -0.4 is 0 Å². The van der Waals surface area contributed by atoms with E-state index in [0.29, 0.717) is 0 Å². The second-order valence-electron chi connectivity index (χ2n) is 6.29. The van der Waals surface area contributed by atoms with Crippen molar-refractivity contribution in [3.05, 3.63) is 72.9 Å². The van der Waals surface area contributed by atoms with Crippen LogP contribution in [0, 0.1) is 0 Å². The fraction of sp³-hybridized carbons (Fsp3) is 0.500. The molecule has 0 fully saturated rings. The quantitative estimate of drug-likeness (QED) is 0.396. The topological polar surface area (TPSA) is 0 Å². The van der Waals surface area contributed by atoms with Crippen molar-refractivity contribution >= 4 is 0 Å². The van der Waals surface area contributed by atoms with Crippen LogP contribution in [-0.2, 0) is 0 Å². The molecule has 0 atom stereocenters. The van der Waals surface area contributed by atoms with E-state index in [-0.39, 0.29) is 0 Å². The molecule has 1 aliphatic rings. The maximum atomic E-state index is 2.33. The van der Waals surface area contributed by atoms with E-state index < -0.39 is 0 Å². The number of hydrogen-bond donors (Lipinski definition) is 0. The smallest absolute Gasteiger partial charge is 0.0316 e. The molecule has 0 saturated carbocycles. The minimum atomic E-state index is 1.17. The molecule has 0 aromatic carbocycles. The summed E-state index contributed by atoms with van der Waals surface area (Å²) in [6.07, 6.45) is 42.0. The molecular formula is C24H36. The van der Waals surface area contributed by atoms with Gasteiger partial charge in [0.25, 0.3) is 0 Å². The van der Waals surface area contributed by atoms with Crippen LogP contribution in [0.1, 0.15) is 77.0 Å². The van der Waals surface area contributed by atoms with E-state index in [1.54, 1.807) is 0 Å². The summed E-state index contributed by atoms with van der Waals surface area (Å²) in [5, 5.41) is 0. The summed E-state index contributed by atoms with van der Waals surface area (Å²) in [7, 11) is 0. The van der Waals surface area contributed by atoms with E-state index in [4.69, 9.17) is 0 Å². The first kappa shape index (κ1) is 20.5. The average molecular weight is 325 g/mol. The summed E-state index contributed by atoms with van der Waals surface area (Å²) >= 11 is 0. The van der Waals surface area contributed by atoms with Gasteiger partial charge in [0.2, 0.25) is 0 Å². The Hall–Kier alpha value is -1.56. The molecule has 132 valence electrons. The Kier molecular flexibility index (Phi) is 15.2. The molecule has 0 radical (unpaired) electrons. The first-order valence-electron chi connectivity index (χ1n) is 9.90. The van der Waals surface area contributed by atoms with Crippen molar-refractivity contribution in [1.82, 2.24) is 0 Å². The lowest BCUT2D eigenvalue weighted by molar-refractivity contribution is 0.962. The highest BCUT2D eigenvalue weighted by Gasteiger charge is 1.83. The highest BCUT2D eigenvalue weighted by Crippen LogP contribution is 2.03. The van der Waals surface area contributed by atoms with E-state index in [9.17, 15) is 0 Å². The van der Waals surface area contributed by atoms with Crippen LogP contribution >= 0.6 is 0 Å². The lowest BCUT2D eigenvalue weighted by Gasteiger charge is -1.92. The highest BCUT2D eigenvalue weighted by atomic mass is 13.9. The van der Waals surface area contributed by atoms with Crippen molar-refractivity contribution in [3.63, 3.8) is 0 Å². The summed E-state index contributed by atoms with van der Waals surface area (Å²) in [4.78, 5) is 0. The van der Waals surface area contributed by atoms with Gasteiger partial charge in [-0.1, -0.05) is 72.9 Å². The van der Waals surface area contributed by atoms with Gasteiger partial charge >= 0.3 is 0 Å². The number of allylic oxidation sites excluding steroid dienone is 12. The van der Waals surface area contributed by atoms with Crippen LogP contribution in [0.5, 0.6) is 0 Å². The lowest BCUT2D eigenvalue weighted by Crippen LogP contribution is -1.71. The molecule has 0 aromatic heterocycles. The Morgan fingerprint density at radius 2 is 0.250 bits per heavy atom. The van der Waals surface area contributed by atoms with Crippen LogP contribution in [0.2, 0.25) is 0 Å². The van der Waals surface area contributed by atoms with Crippen molar-refractivity contribution in [1.29, 1.82) is 0 Å². The molecular weight excluding hydrogens is 288 g/mol. The fourth-order valence-electron chi connectivity index (χ4n) is 2.57. The average Bonchev–Trinajstić information content (AvgIpc) is 2.59. The maximum absolute atomic E-state index is 2.33. The Labute approximate surface area is 150 Å². The molecule has 1 rings (SSSR count). The van der Waals surface area contributed by atoms with Gasteiger partial charge in [0.15, 0.2) is 0 Å². The third-order valence-corrected chi connectivity index (χ3v) is 4.00. The van der Waals surface area contributed by atoms with Gasteiger partial charge in [-0.2, -0.15) is 0 Å². The maximum Gasteiger partial charge on any atom is -0.0316 e. The third-order valence-electron chi connectivity index (χ3n) is 4.00. The third kappa shape index (κ3) is 15.3. The van der Waals surface area contributed by atoms with Crippen LogP contribution in [-0.4, -0.2) is 0 Å². The summed E-state index contributed by atoms with van der Waals surface area (Å²) in [6, 6.07) is 0. The molecule has 24 heavy (non-hydrogen) atoms. The number of hydrogen-bond acceptors (Lipinski definition) is 0. The van der Waals surface area contributed by atoms with Crippen molar-refractivity contribution in [2.24, 2.45) is 0 Å². The second kappa shape index (κ2) is 17.8. The van der Waals surface area contributed by atoms with E-state index in [0.717, 1.165) is 0 Å². The Morgan fingerprint density at radius 3 is 0.333 bits per heavy atom. The van der Waals surface area contributed by atoms with Crippen molar-refractivity contribution in [2.45, 2.75) is 77.0 Å². The predicted molar refractivity (Wildman–Crippen MR) is 110 cm³/mol. The van der Waals surface area contributed by atoms with Crippen LogP contribution in [0.3, 0.4) is 0 Å². The molecule has 0 nitrogen and oxygen atoms in total. The van der Waals surface area contributed by atoms with Gasteiger partial charge in [0.05, 0.1) is 0 Å². The van der Waals surface area contributed by atoms with Gasteiger partial charge in [0, 0.05) is 0 Å². The zero-order valence-electron chi connectivity index (χ0n) is 15.4. The fourth-order valence-corrected chi connectivity index (χ4v) is 2.57. The number of rotatable bonds is 0. The van der Waals surface area contributed by atoms with Crippen molar-refractivity contribution in [2.75, 3.05) is 0 Å². The molecule has 1 aliphatic carbocycles. The van der Waals surface area contributed by atoms with E-state index in [1.165, 1.54) is 77.0 Å². The summed E-state index contributed by atoms with van der Waals surface area (Å²) in [6.45, 7) is 0. The zero-order valence-corrected chi connectivity index (χ0v) is 15.4. The standard InChI is InChI=1S/C24H36/c1-2-4-6-8-10-12-14-16-18-20-22-24-23-21-19-17-15-13-11-9-7-5-3-1/h1-2,7-10,15-18,23-24H,3-6,11-14,19-22H2/b2-1-,9-7-,10-8-,17-15-,18-16-,24-23-. The van der Waals surface area contributed by atoms with Gasteiger partial charge in [0.1, 0.15) is 0 Å². The SMILES string of the molecule is C1=C\CC/C=C\CC/C=C\CC/C=C\CC/C=C\CC/C=C\CC/1. The molecule has 0 unspecified atom stereocenters. The minimum Gasteiger partial charge on any atom is -0.0882 e. The first-order chi connectivity index (χ1) is 12.0. The van der Waals surface area contributed by atoms with Crippen molar-refractivity contribution < 1.29 is 0 Å². The van der Waals surface area contributed by atoms with Gasteiger partial charge in [-0.05, 0) is 77.0 Å². The molecule has 0 bridgehead atoms. The van der Waals surface area contributed by atoms with E-state index in [1.807, 2.05) is 0 Å². The molecule has 0 N–H and O–H groups in total. The Bertz CT molecular complexity index is 284. The second-order valence-corrected chi connectivity index (χ2v) is 6.29. The van der Waals surface area contributed by atoms with Crippen molar-refractivity contribution in [3.8, 4) is 0 Å². The Morgan fingerprint density at radius 1 is 0.167 bits per heavy atom. The monoisotopic (exact) mass is 324 g/mol. The molecule has 0 heteroatoms. The van der Waals surface area contributed by atoms with Crippen LogP contribution in [0.4, 0.5) is 0 Å². The predicted octanol–water partition coefficient (Wildman–Crippen LogP) is 8.02. The highest BCUT2D eigenvalue weighted by molar-refractivity contribution is 4.94. The molecule has 0 aliphatic heterocycles.